The molecule has 0 radical (unpaired) electrons. The molecule has 0 spiro atoms. The minimum Gasteiger partial charge on any atom is -0.376 e. The predicted octanol–water partition coefficient (Wildman–Crippen LogP) is 2.78. The maximum atomic E-state index is 12.4. The summed E-state index contributed by atoms with van der Waals surface area (Å²) < 4.78 is 64.8. The lowest BCUT2D eigenvalue weighted by molar-refractivity contribution is -0.0499. The third-order valence-electron chi connectivity index (χ3n) is 3.55. The van der Waals surface area contributed by atoms with E-state index in [0.29, 0.717) is 0 Å². The van der Waals surface area contributed by atoms with Gasteiger partial charge in [-0.15, -0.1) is 0 Å². The fraction of sp³-hybridized carbons (Fsp3) is 0.333. The van der Waals surface area contributed by atoms with Crippen LogP contribution in [0.15, 0.2) is 58.3 Å². The van der Waals surface area contributed by atoms with Crippen molar-refractivity contribution in [1.29, 1.82) is 0 Å². The van der Waals surface area contributed by atoms with Gasteiger partial charge in [0, 0.05) is 6.61 Å². The molecule has 0 aromatic heterocycles. The molecule has 0 saturated heterocycles. The van der Waals surface area contributed by atoms with Crippen LogP contribution in [0.25, 0.3) is 0 Å². The van der Waals surface area contributed by atoms with Gasteiger partial charge in [-0.25, -0.2) is 8.37 Å². The first-order valence-corrected chi connectivity index (χ1v) is 11.0. The number of benzene rings is 2. The zero-order chi connectivity index (χ0) is 20.1. The third-order valence-corrected chi connectivity index (χ3v) is 6.18. The second-order valence-electron chi connectivity index (χ2n) is 5.82. The molecule has 0 aliphatic rings. The first-order chi connectivity index (χ1) is 12.6. The summed E-state index contributed by atoms with van der Waals surface area (Å²) in [4.78, 5) is -0.211. The molecular weight excluding hydrogens is 392 g/mol. The summed E-state index contributed by atoms with van der Waals surface area (Å²) in [7, 11) is -8.47. The zero-order valence-electron chi connectivity index (χ0n) is 15.3. The van der Waals surface area contributed by atoms with Crippen molar-refractivity contribution in [1.82, 2.24) is 0 Å². The summed E-state index contributed by atoms with van der Waals surface area (Å²) in [6.07, 6.45) is -1.65. The summed E-state index contributed by atoms with van der Waals surface area (Å²) in [6, 6.07) is 11.9. The number of rotatable bonds is 9. The minimum absolute atomic E-state index is 0.106. The Bertz CT molecular complexity index is 870. The monoisotopic (exact) mass is 414 g/mol. The Kier molecular flexibility index (Phi) is 7.12. The van der Waals surface area contributed by atoms with Crippen LogP contribution in [0.4, 0.5) is 0 Å². The van der Waals surface area contributed by atoms with E-state index in [4.69, 9.17) is 13.1 Å². The highest BCUT2D eigenvalue weighted by Gasteiger charge is 2.28. The highest BCUT2D eigenvalue weighted by atomic mass is 32.2. The summed E-state index contributed by atoms with van der Waals surface area (Å²) in [5, 5.41) is 0. The Morgan fingerprint density at radius 3 is 1.44 bits per heavy atom. The van der Waals surface area contributed by atoms with E-state index in [0.717, 1.165) is 11.1 Å². The molecule has 2 aromatic carbocycles. The Morgan fingerprint density at radius 1 is 0.741 bits per heavy atom. The van der Waals surface area contributed by atoms with Crippen LogP contribution in [0.2, 0.25) is 0 Å². The average Bonchev–Trinajstić information content (AvgIpc) is 2.60. The van der Waals surface area contributed by atoms with Crippen molar-refractivity contribution in [3.05, 3.63) is 59.7 Å². The molecule has 7 nitrogen and oxygen atoms in total. The second-order valence-corrected chi connectivity index (χ2v) is 8.96. The molecule has 0 aliphatic carbocycles. The molecule has 2 aromatic rings. The van der Waals surface area contributed by atoms with E-state index in [9.17, 15) is 16.8 Å². The number of hydrogen-bond donors (Lipinski definition) is 0. The molecule has 27 heavy (non-hydrogen) atoms. The molecule has 0 N–H and O–H groups in total. The summed E-state index contributed by atoms with van der Waals surface area (Å²) in [5.74, 6) is 0. The molecule has 0 bridgehead atoms. The van der Waals surface area contributed by atoms with Crippen LogP contribution in [0, 0.1) is 13.8 Å². The van der Waals surface area contributed by atoms with Gasteiger partial charge in [-0.1, -0.05) is 35.4 Å². The molecule has 2 rings (SSSR count). The molecule has 0 amide bonds. The number of ether oxygens (including phenoxy) is 1. The highest BCUT2D eigenvalue weighted by molar-refractivity contribution is 7.87. The van der Waals surface area contributed by atoms with Gasteiger partial charge in [0.2, 0.25) is 6.29 Å². The zero-order valence-corrected chi connectivity index (χ0v) is 16.9. The molecule has 0 heterocycles. The molecule has 148 valence electrons. The molecule has 0 atom stereocenters. The Morgan fingerprint density at radius 2 is 1.11 bits per heavy atom. The largest absolute Gasteiger partial charge is 0.376 e. The quantitative estimate of drug-likeness (QED) is 0.460. The summed E-state index contributed by atoms with van der Waals surface area (Å²) in [6.45, 7) is 5.17. The number of hydrogen-bond acceptors (Lipinski definition) is 7. The Balaban J connectivity index is 2.24. The van der Waals surface area contributed by atoms with Gasteiger partial charge < -0.3 is 4.74 Å². The van der Waals surface area contributed by atoms with Crippen LogP contribution in [-0.4, -0.2) is 36.3 Å². The van der Waals surface area contributed by atoms with E-state index in [1.807, 2.05) is 13.8 Å². The van der Waals surface area contributed by atoms with Crippen molar-refractivity contribution in [2.45, 2.75) is 36.9 Å². The Labute approximate surface area is 160 Å². The van der Waals surface area contributed by atoms with Crippen molar-refractivity contribution in [3.63, 3.8) is 0 Å². The van der Waals surface area contributed by atoms with Crippen LogP contribution in [0.1, 0.15) is 18.1 Å². The van der Waals surface area contributed by atoms with Crippen LogP contribution in [0.3, 0.4) is 0 Å². The minimum atomic E-state index is -4.24. The van der Waals surface area contributed by atoms with E-state index in [1.54, 1.807) is 31.2 Å². The molecule has 0 unspecified atom stereocenters. The van der Waals surface area contributed by atoms with E-state index < -0.39 is 26.5 Å². The van der Waals surface area contributed by atoms with Gasteiger partial charge in [0.05, 0.1) is 9.79 Å². The maximum absolute atomic E-state index is 12.4. The SMILES string of the molecule is CCOCC(OS(=O)(=O)c1ccc(C)cc1)OS(=O)(=O)c1ccc(C)cc1. The van der Waals surface area contributed by atoms with Gasteiger partial charge in [0.1, 0.15) is 6.61 Å². The van der Waals surface area contributed by atoms with Crippen LogP contribution in [0.5, 0.6) is 0 Å². The molecule has 9 heteroatoms. The number of aryl methyl sites for hydroxylation is 2. The van der Waals surface area contributed by atoms with E-state index in [1.165, 1.54) is 24.3 Å². The molecule has 0 saturated carbocycles. The van der Waals surface area contributed by atoms with Crippen molar-refractivity contribution < 1.29 is 29.9 Å². The van der Waals surface area contributed by atoms with Gasteiger partial charge in [-0.05, 0) is 45.0 Å². The first kappa shape index (κ1) is 21.5. The third kappa shape index (κ3) is 6.12. The molecular formula is C18H22O7S2. The summed E-state index contributed by atoms with van der Waals surface area (Å²) in [5.41, 5.74) is 1.75. The van der Waals surface area contributed by atoms with Crippen LogP contribution in [-0.2, 0) is 33.3 Å². The predicted molar refractivity (Wildman–Crippen MR) is 99.2 cm³/mol. The molecule has 0 fully saturated rings. The second kappa shape index (κ2) is 8.94. The van der Waals surface area contributed by atoms with E-state index in [2.05, 4.69) is 0 Å². The standard InChI is InChI=1S/C18H22O7S2/c1-4-23-13-18(24-26(19,20)16-9-5-14(2)6-10-16)25-27(21,22)17-11-7-15(3)8-12-17/h5-12,18H,4,13H2,1-3H3. The van der Waals surface area contributed by atoms with Crippen LogP contribution < -0.4 is 0 Å². The normalized spacial score (nSPS) is 12.4. The smallest absolute Gasteiger partial charge is 0.299 e. The highest BCUT2D eigenvalue weighted by Crippen LogP contribution is 2.20. The molecule has 0 aliphatic heterocycles. The fourth-order valence-corrected chi connectivity index (χ4v) is 4.05. The van der Waals surface area contributed by atoms with Gasteiger partial charge in [-0.3, -0.25) is 0 Å². The van der Waals surface area contributed by atoms with Crippen molar-refractivity contribution in [3.8, 4) is 0 Å². The van der Waals surface area contributed by atoms with Crippen molar-refractivity contribution >= 4 is 20.2 Å². The van der Waals surface area contributed by atoms with Crippen molar-refractivity contribution in [2.75, 3.05) is 13.2 Å². The average molecular weight is 415 g/mol. The fourth-order valence-electron chi connectivity index (χ4n) is 2.09. The van der Waals surface area contributed by atoms with E-state index in [-0.39, 0.29) is 23.0 Å². The lowest BCUT2D eigenvalue weighted by atomic mass is 10.2. The summed E-state index contributed by atoms with van der Waals surface area (Å²) >= 11 is 0. The van der Waals surface area contributed by atoms with Gasteiger partial charge in [-0.2, -0.15) is 16.8 Å². The van der Waals surface area contributed by atoms with Gasteiger partial charge in [0.15, 0.2) is 0 Å². The van der Waals surface area contributed by atoms with Crippen molar-refractivity contribution in [2.24, 2.45) is 0 Å². The first-order valence-electron chi connectivity index (χ1n) is 8.22. The Hall–Kier alpha value is -1.78. The maximum Gasteiger partial charge on any atom is 0.299 e. The topological polar surface area (TPSA) is 96.0 Å². The van der Waals surface area contributed by atoms with Gasteiger partial charge >= 0.3 is 0 Å². The lowest BCUT2D eigenvalue weighted by Crippen LogP contribution is -2.29. The van der Waals surface area contributed by atoms with Crippen LogP contribution >= 0.6 is 0 Å². The van der Waals surface area contributed by atoms with E-state index >= 15 is 0 Å². The lowest BCUT2D eigenvalue weighted by Gasteiger charge is -2.18. The van der Waals surface area contributed by atoms with Gasteiger partial charge in [0.25, 0.3) is 20.2 Å².